The quantitative estimate of drug-likeness (QED) is 0.529. The van der Waals surface area contributed by atoms with E-state index in [2.05, 4.69) is 23.3 Å². The summed E-state index contributed by atoms with van der Waals surface area (Å²) in [4.78, 5) is 24.0. The van der Waals surface area contributed by atoms with Gasteiger partial charge < -0.3 is 10.6 Å². The first-order valence-electron chi connectivity index (χ1n) is 6.97. The molecule has 108 valence electrons. The SMILES string of the molecule is O=C(Cc1ccc(S)cc1)NCCCC(=O)NC1CC1. The van der Waals surface area contributed by atoms with Crippen LogP contribution in [0.1, 0.15) is 31.2 Å². The number of nitrogens with one attached hydrogen (secondary N) is 2. The van der Waals surface area contributed by atoms with Crippen LogP contribution in [0, 0.1) is 0 Å². The van der Waals surface area contributed by atoms with Crippen LogP contribution in [0.5, 0.6) is 0 Å². The van der Waals surface area contributed by atoms with Gasteiger partial charge in [-0.25, -0.2) is 0 Å². The third-order valence-electron chi connectivity index (χ3n) is 3.15. The highest BCUT2D eigenvalue weighted by Crippen LogP contribution is 2.18. The van der Waals surface area contributed by atoms with E-state index in [9.17, 15) is 9.59 Å². The molecule has 1 saturated carbocycles. The Morgan fingerprint density at radius 1 is 1.15 bits per heavy atom. The first-order chi connectivity index (χ1) is 9.63. The molecule has 1 aliphatic carbocycles. The van der Waals surface area contributed by atoms with Gasteiger partial charge in [0.2, 0.25) is 11.8 Å². The van der Waals surface area contributed by atoms with Gasteiger partial charge in [0.05, 0.1) is 6.42 Å². The molecule has 0 heterocycles. The summed E-state index contributed by atoms with van der Waals surface area (Å²) < 4.78 is 0. The van der Waals surface area contributed by atoms with Gasteiger partial charge in [0.1, 0.15) is 0 Å². The van der Waals surface area contributed by atoms with E-state index in [1.807, 2.05) is 24.3 Å². The largest absolute Gasteiger partial charge is 0.356 e. The van der Waals surface area contributed by atoms with E-state index < -0.39 is 0 Å². The van der Waals surface area contributed by atoms with Crippen molar-refractivity contribution in [1.29, 1.82) is 0 Å². The lowest BCUT2D eigenvalue weighted by Gasteiger charge is -2.06. The molecular weight excluding hydrogens is 272 g/mol. The Bertz CT molecular complexity index is 469. The van der Waals surface area contributed by atoms with E-state index >= 15 is 0 Å². The second-order valence-electron chi connectivity index (χ2n) is 5.14. The lowest BCUT2D eigenvalue weighted by atomic mass is 10.1. The maximum absolute atomic E-state index is 11.7. The predicted octanol–water partition coefficient (Wildman–Crippen LogP) is 1.69. The van der Waals surface area contributed by atoms with Gasteiger partial charge in [-0.05, 0) is 37.0 Å². The van der Waals surface area contributed by atoms with Crippen LogP contribution in [0.3, 0.4) is 0 Å². The van der Waals surface area contributed by atoms with Crippen molar-refractivity contribution < 1.29 is 9.59 Å². The molecule has 1 aliphatic rings. The summed E-state index contributed by atoms with van der Waals surface area (Å²) >= 11 is 4.20. The van der Waals surface area contributed by atoms with Gasteiger partial charge in [-0.2, -0.15) is 0 Å². The summed E-state index contributed by atoms with van der Waals surface area (Å²) in [7, 11) is 0. The molecule has 2 amide bonds. The van der Waals surface area contributed by atoms with Crippen LogP contribution in [-0.4, -0.2) is 24.4 Å². The average Bonchev–Trinajstić information content (AvgIpc) is 3.21. The van der Waals surface area contributed by atoms with Crippen LogP contribution in [0.2, 0.25) is 0 Å². The van der Waals surface area contributed by atoms with E-state index in [4.69, 9.17) is 0 Å². The second kappa shape index (κ2) is 7.33. The van der Waals surface area contributed by atoms with Crippen molar-refractivity contribution in [2.24, 2.45) is 0 Å². The number of thiol groups is 1. The molecule has 1 aromatic rings. The van der Waals surface area contributed by atoms with Gasteiger partial charge in [-0.15, -0.1) is 12.6 Å². The van der Waals surface area contributed by atoms with Crippen LogP contribution in [0.15, 0.2) is 29.2 Å². The molecule has 0 atom stereocenters. The van der Waals surface area contributed by atoms with E-state index in [1.54, 1.807) is 0 Å². The summed E-state index contributed by atoms with van der Waals surface area (Å²) in [5.41, 5.74) is 0.965. The maximum atomic E-state index is 11.7. The lowest BCUT2D eigenvalue weighted by molar-refractivity contribution is -0.122. The third kappa shape index (κ3) is 5.65. The summed E-state index contributed by atoms with van der Waals surface area (Å²) in [5, 5.41) is 5.76. The van der Waals surface area contributed by atoms with Crippen molar-refractivity contribution in [2.75, 3.05) is 6.54 Å². The molecule has 0 saturated heterocycles. The Balaban J connectivity index is 1.57. The summed E-state index contributed by atoms with van der Waals surface area (Å²) in [6.45, 7) is 0.543. The van der Waals surface area contributed by atoms with E-state index in [0.29, 0.717) is 31.8 Å². The maximum Gasteiger partial charge on any atom is 0.224 e. The Labute approximate surface area is 124 Å². The Kier molecular flexibility index (Phi) is 5.47. The second-order valence-corrected chi connectivity index (χ2v) is 5.65. The summed E-state index contributed by atoms with van der Waals surface area (Å²) in [6.07, 6.45) is 3.73. The molecule has 0 unspecified atom stereocenters. The van der Waals surface area contributed by atoms with Gasteiger partial charge in [0.25, 0.3) is 0 Å². The molecular formula is C15H20N2O2S. The van der Waals surface area contributed by atoms with Crippen LogP contribution < -0.4 is 10.6 Å². The Hall–Kier alpha value is -1.49. The minimum Gasteiger partial charge on any atom is -0.356 e. The normalized spacial score (nSPS) is 13.8. The molecule has 2 rings (SSSR count). The van der Waals surface area contributed by atoms with Gasteiger partial charge in [-0.1, -0.05) is 12.1 Å². The molecule has 20 heavy (non-hydrogen) atoms. The zero-order chi connectivity index (χ0) is 14.4. The van der Waals surface area contributed by atoms with Crippen molar-refractivity contribution in [1.82, 2.24) is 10.6 Å². The summed E-state index contributed by atoms with van der Waals surface area (Å²) in [6, 6.07) is 7.93. The fraction of sp³-hybridized carbons (Fsp3) is 0.467. The van der Waals surface area contributed by atoms with Gasteiger partial charge in [-0.3, -0.25) is 9.59 Å². The fourth-order valence-electron chi connectivity index (χ4n) is 1.87. The number of rotatable bonds is 7. The Morgan fingerprint density at radius 3 is 2.50 bits per heavy atom. The first-order valence-corrected chi connectivity index (χ1v) is 7.42. The molecule has 1 aromatic carbocycles. The highest BCUT2D eigenvalue weighted by Gasteiger charge is 2.22. The van der Waals surface area contributed by atoms with Crippen molar-refractivity contribution in [2.45, 2.75) is 43.0 Å². The highest BCUT2D eigenvalue weighted by atomic mass is 32.1. The number of hydrogen-bond donors (Lipinski definition) is 3. The van der Waals surface area contributed by atoms with Crippen LogP contribution in [-0.2, 0) is 16.0 Å². The number of benzene rings is 1. The van der Waals surface area contributed by atoms with Crippen molar-refractivity contribution in [3.8, 4) is 0 Å². The zero-order valence-electron chi connectivity index (χ0n) is 11.4. The Morgan fingerprint density at radius 2 is 1.85 bits per heavy atom. The van der Waals surface area contributed by atoms with Gasteiger partial charge >= 0.3 is 0 Å². The highest BCUT2D eigenvalue weighted by molar-refractivity contribution is 7.80. The zero-order valence-corrected chi connectivity index (χ0v) is 12.3. The van der Waals surface area contributed by atoms with Crippen molar-refractivity contribution >= 4 is 24.4 Å². The molecule has 4 nitrogen and oxygen atoms in total. The van der Waals surface area contributed by atoms with Crippen molar-refractivity contribution in [3.63, 3.8) is 0 Å². The van der Waals surface area contributed by atoms with E-state index in [-0.39, 0.29) is 11.8 Å². The van der Waals surface area contributed by atoms with Gasteiger partial charge in [0.15, 0.2) is 0 Å². The minimum absolute atomic E-state index is 0.0143. The molecule has 0 aromatic heterocycles. The van der Waals surface area contributed by atoms with E-state index in [0.717, 1.165) is 23.3 Å². The molecule has 0 aliphatic heterocycles. The van der Waals surface area contributed by atoms with Gasteiger partial charge in [0, 0.05) is 23.9 Å². The number of carbonyl (C=O) groups excluding carboxylic acids is 2. The predicted molar refractivity (Wildman–Crippen MR) is 80.8 cm³/mol. The smallest absolute Gasteiger partial charge is 0.224 e. The standard InChI is InChI=1S/C15H20N2O2S/c18-14(17-12-5-6-12)2-1-9-16-15(19)10-11-3-7-13(20)8-4-11/h3-4,7-8,12,20H,1-2,5-6,9-10H2,(H,16,19)(H,17,18). The van der Waals surface area contributed by atoms with Crippen LogP contribution in [0.4, 0.5) is 0 Å². The monoisotopic (exact) mass is 292 g/mol. The third-order valence-corrected chi connectivity index (χ3v) is 3.44. The summed E-state index contributed by atoms with van der Waals surface area (Å²) in [5.74, 6) is 0.0747. The van der Waals surface area contributed by atoms with E-state index in [1.165, 1.54) is 0 Å². The first kappa shape index (κ1) is 14.9. The number of carbonyl (C=O) groups is 2. The lowest BCUT2D eigenvalue weighted by Crippen LogP contribution is -2.29. The molecule has 0 spiro atoms. The molecule has 5 heteroatoms. The van der Waals surface area contributed by atoms with Crippen LogP contribution >= 0.6 is 12.6 Å². The molecule has 0 bridgehead atoms. The fourth-order valence-corrected chi connectivity index (χ4v) is 2.02. The average molecular weight is 292 g/mol. The van der Waals surface area contributed by atoms with Crippen LogP contribution in [0.25, 0.3) is 0 Å². The minimum atomic E-state index is -0.0143. The molecule has 1 fully saturated rings. The van der Waals surface area contributed by atoms with Crippen molar-refractivity contribution in [3.05, 3.63) is 29.8 Å². The molecule has 0 radical (unpaired) electrons. The topological polar surface area (TPSA) is 58.2 Å². The molecule has 2 N–H and O–H groups in total. The number of amides is 2. The number of hydrogen-bond acceptors (Lipinski definition) is 3.